The minimum absolute atomic E-state index is 0.00199. The van der Waals surface area contributed by atoms with Crippen LogP contribution in [0, 0.1) is 10.1 Å². The van der Waals surface area contributed by atoms with Crippen molar-refractivity contribution in [1.82, 2.24) is 9.13 Å². The second-order valence-corrected chi connectivity index (χ2v) is 8.00. The molecule has 1 aromatic heterocycles. The molecular weight excluding hydrogens is 496 g/mol. The van der Waals surface area contributed by atoms with E-state index in [1.807, 2.05) is 0 Å². The van der Waals surface area contributed by atoms with Crippen LogP contribution < -0.4 is 16.1 Å². The Balaban J connectivity index is 1.85. The molecule has 1 amide bonds. The van der Waals surface area contributed by atoms with Crippen LogP contribution in [0.4, 0.5) is 16.2 Å². The number of benzene rings is 2. The van der Waals surface area contributed by atoms with Crippen LogP contribution in [0.2, 0.25) is 5.02 Å². The molecule has 0 atom stereocenters. The molecule has 1 aliphatic rings. The largest absolute Gasteiger partial charge is 0.462 e. The minimum Gasteiger partial charge on any atom is -0.462 e. The number of aromatic nitrogens is 2. The molecule has 0 radical (unpaired) electrons. The topological polar surface area (TPSA) is 143 Å². The lowest BCUT2D eigenvalue weighted by molar-refractivity contribution is -0.385. The van der Waals surface area contributed by atoms with Crippen LogP contribution in [0.1, 0.15) is 22.8 Å². The number of nitrogens with zero attached hydrogens (tertiary/aromatic N) is 4. The van der Waals surface area contributed by atoms with Crippen LogP contribution in [0.3, 0.4) is 0 Å². The van der Waals surface area contributed by atoms with E-state index in [-0.39, 0.29) is 29.5 Å². The predicted octanol–water partition coefficient (Wildman–Crippen LogP) is 2.74. The van der Waals surface area contributed by atoms with E-state index in [1.54, 1.807) is 19.1 Å². The SMILES string of the molecule is CCOC(=O)c1cn(-c2ccc(N3CCOC3=O)cc2)c(=O)n(Cc2cccc(Cl)c2[N+](=O)[O-])c1=O. The van der Waals surface area contributed by atoms with Gasteiger partial charge >= 0.3 is 17.8 Å². The van der Waals surface area contributed by atoms with Gasteiger partial charge in [0.2, 0.25) is 0 Å². The lowest BCUT2D eigenvalue weighted by Crippen LogP contribution is -2.42. The van der Waals surface area contributed by atoms with Crippen LogP contribution in [0.5, 0.6) is 0 Å². The molecule has 3 aromatic rings. The molecule has 0 saturated carbocycles. The molecule has 1 saturated heterocycles. The van der Waals surface area contributed by atoms with Gasteiger partial charge in [0, 0.05) is 11.9 Å². The van der Waals surface area contributed by atoms with Gasteiger partial charge in [-0.1, -0.05) is 23.7 Å². The molecule has 0 unspecified atom stereocenters. The highest BCUT2D eigenvalue weighted by Gasteiger charge is 2.25. The number of ether oxygens (including phenoxy) is 2. The van der Waals surface area contributed by atoms with Crippen molar-refractivity contribution < 1.29 is 24.0 Å². The van der Waals surface area contributed by atoms with Gasteiger partial charge in [-0.3, -0.25) is 28.9 Å². The Hall–Kier alpha value is -4.45. The number of anilines is 1. The second-order valence-electron chi connectivity index (χ2n) is 7.59. The van der Waals surface area contributed by atoms with Crippen molar-refractivity contribution in [2.24, 2.45) is 0 Å². The number of carbonyl (C=O) groups excluding carboxylic acids is 2. The van der Waals surface area contributed by atoms with Crippen molar-refractivity contribution in [3.8, 4) is 5.69 Å². The third kappa shape index (κ3) is 4.58. The first kappa shape index (κ1) is 24.7. The second kappa shape index (κ2) is 10.0. The summed E-state index contributed by atoms with van der Waals surface area (Å²) in [4.78, 5) is 63.1. The zero-order chi connectivity index (χ0) is 26.0. The molecular formula is C23H19ClN4O8. The number of halogens is 1. The Bertz CT molecular complexity index is 1480. The van der Waals surface area contributed by atoms with Crippen LogP contribution >= 0.6 is 11.6 Å². The Morgan fingerprint density at radius 3 is 2.44 bits per heavy atom. The summed E-state index contributed by atoms with van der Waals surface area (Å²) in [5.41, 5.74) is -1.91. The number of hydrogen-bond acceptors (Lipinski definition) is 8. The molecule has 186 valence electrons. The van der Waals surface area contributed by atoms with Gasteiger partial charge in [0.25, 0.3) is 11.2 Å². The van der Waals surface area contributed by atoms with E-state index >= 15 is 0 Å². The first-order valence-electron chi connectivity index (χ1n) is 10.7. The van der Waals surface area contributed by atoms with E-state index in [2.05, 4.69) is 0 Å². The van der Waals surface area contributed by atoms with E-state index in [0.717, 1.165) is 10.8 Å². The van der Waals surface area contributed by atoms with E-state index in [9.17, 15) is 29.3 Å². The fourth-order valence-corrected chi connectivity index (χ4v) is 4.02. The summed E-state index contributed by atoms with van der Waals surface area (Å²) >= 11 is 5.98. The number of esters is 1. The van der Waals surface area contributed by atoms with Gasteiger partial charge in [0.05, 0.1) is 35.9 Å². The van der Waals surface area contributed by atoms with Gasteiger partial charge in [-0.05, 0) is 37.3 Å². The van der Waals surface area contributed by atoms with Crippen molar-refractivity contribution in [2.75, 3.05) is 24.7 Å². The predicted molar refractivity (Wildman–Crippen MR) is 128 cm³/mol. The lowest BCUT2D eigenvalue weighted by Gasteiger charge is -2.15. The fourth-order valence-electron chi connectivity index (χ4n) is 3.76. The summed E-state index contributed by atoms with van der Waals surface area (Å²) in [5.74, 6) is -0.956. The smallest absolute Gasteiger partial charge is 0.414 e. The number of hydrogen-bond donors (Lipinski definition) is 0. The molecule has 4 rings (SSSR count). The van der Waals surface area contributed by atoms with Crippen molar-refractivity contribution in [2.45, 2.75) is 13.5 Å². The summed E-state index contributed by atoms with van der Waals surface area (Å²) in [6.45, 7) is 1.65. The van der Waals surface area contributed by atoms with Crippen LogP contribution in [-0.4, -0.2) is 45.9 Å². The van der Waals surface area contributed by atoms with Crippen molar-refractivity contribution in [3.05, 3.63) is 95.8 Å². The normalized spacial score (nSPS) is 12.9. The summed E-state index contributed by atoms with van der Waals surface area (Å²) in [6, 6.07) is 10.3. The van der Waals surface area contributed by atoms with Crippen LogP contribution in [0.25, 0.3) is 5.69 Å². The van der Waals surface area contributed by atoms with E-state index in [4.69, 9.17) is 21.1 Å². The average Bonchev–Trinajstić information content (AvgIpc) is 3.27. The van der Waals surface area contributed by atoms with Crippen LogP contribution in [-0.2, 0) is 16.0 Å². The van der Waals surface area contributed by atoms with Gasteiger partial charge in [-0.25, -0.2) is 14.4 Å². The van der Waals surface area contributed by atoms with Gasteiger partial charge in [-0.15, -0.1) is 0 Å². The first-order chi connectivity index (χ1) is 17.2. The zero-order valence-electron chi connectivity index (χ0n) is 18.9. The molecule has 12 nitrogen and oxygen atoms in total. The molecule has 2 heterocycles. The number of nitro benzene ring substituents is 1. The van der Waals surface area contributed by atoms with Crippen molar-refractivity contribution >= 4 is 35.0 Å². The maximum Gasteiger partial charge on any atom is 0.414 e. The number of cyclic esters (lactones) is 1. The number of para-hydroxylation sites is 1. The van der Waals surface area contributed by atoms with Gasteiger partial charge < -0.3 is 9.47 Å². The van der Waals surface area contributed by atoms with Crippen LogP contribution in [0.15, 0.2) is 58.3 Å². The first-order valence-corrected chi connectivity index (χ1v) is 11.1. The third-order valence-electron chi connectivity index (χ3n) is 5.45. The molecule has 1 fully saturated rings. The van der Waals surface area contributed by atoms with Gasteiger partial charge in [0.15, 0.2) is 0 Å². The van der Waals surface area contributed by atoms with Gasteiger partial charge in [0.1, 0.15) is 17.2 Å². The summed E-state index contributed by atoms with van der Waals surface area (Å²) in [7, 11) is 0. The third-order valence-corrected chi connectivity index (χ3v) is 5.75. The molecule has 2 aromatic carbocycles. The number of carbonyl (C=O) groups is 2. The molecule has 0 aliphatic carbocycles. The molecule has 0 spiro atoms. The molecule has 13 heteroatoms. The Morgan fingerprint density at radius 2 is 1.83 bits per heavy atom. The highest BCUT2D eigenvalue weighted by Crippen LogP contribution is 2.28. The molecule has 1 aliphatic heterocycles. The minimum atomic E-state index is -0.972. The lowest BCUT2D eigenvalue weighted by atomic mass is 10.1. The monoisotopic (exact) mass is 514 g/mol. The highest BCUT2D eigenvalue weighted by atomic mass is 35.5. The Labute approximate surface area is 208 Å². The zero-order valence-corrected chi connectivity index (χ0v) is 19.6. The molecule has 0 bridgehead atoms. The Morgan fingerprint density at radius 1 is 1.14 bits per heavy atom. The Kier molecular flexibility index (Phi) is 6.88. The maximum absolute atomic E-state index is 13.4. The molecule has 0 N–H and O–H groups in total. The average molecular weight is 515 g/mol. The van der Waals surface area contributed by atoms with Crippen molar-refractivity contribution in [1.29, 1.82) is 0 Å². The maximum atomic E-state index is 13.4. The summed E-state index contributed by atoms with van der Waals surface area (Å²) < 4.78 is 11.7. The van der Waals surface area contributed by atoms with E-state index in [0.29, 0.717) is 16.8 Å². The molecule has 36 heavy (non-hydrogen) atoms. The highest BCUT2D eigenvalue weighted by molar-refractivity contribution is 6.32. The standard InChI is InChI=1S/C23H19ClN4O8/c1-2-35-21(30)17-13-26(16-8-6-15(7-9-16)25-10-11-36-23(25)32)22(31)27(20(17)29)12-14-4-3-5-18(24)19(14)28(33)34/h3-9,13H,2,10-12H2,1H3. The van der Waals surface area contributed by atoms with E-state index in [1.165, 1.54) is 35.2 Å². The number of rotatable bonds is 7. The van der Waals surface area contributed by atoms with E-state index < -0.39 is 46.0 Å². The summed E-state index contributed by atoms with van der Waals surface area (Å²) in [5, 5.41) is 11.4. The quantitative estimate of drug-likeness (QED) is 0.266. The van der Waals surface area contributed by atoms with Gasteiger partial charge in [-0.2, -0.15) is 0 Å². The summed E-state index contributed by atoms with van der Waals surface area (Å²) in [6.07, 6.45) is 0.561. The van der Waals surface area contributed by atoms with Crippen molar-refractivity contribution in [3.63, 3.8) is 0 Å². The number of nitro groups is 1. The fraction of sp³-hybridized carbons (Fsp3) is 0.217. The number of amides is 1.